The lowest BCUT2D eigenvalue weighted by Gasteiger charge is -2.32. The van der Waals surface area contributed by atoms with Gasteiger partial charge in [-0.25, -0.2) is 9.97 Å². The lowest BCUT2D eigenvalue weighted by atomic mass is 9.95. The minimum absolute atomic E-state index is 0.0674. The summed E-state index contributed by atoms with van der Waals surface area (Å²) < 4.78 is 5.18. The molecule has 2 aliphatic rings. The van der Waals surface area contributed by atoms with Crippen molar-refractivity contribution in [2.45, 2.75) is 39.5 Å². The monoisotopic (exact) mass is 499 g/mol. The van der Waals surface area contributed by atoms with Crippen LogP contribution in [0.5, 0.6) is 0 Å². The number of aryl methyl sites for hydroxylation is 1. The highest BCUT2D eigenvalue weighted by Crippen LogP contribution is 2.44. The molecule has 4 heterocycles. The minimum Gasteiger partial charge on any atom is -0.466 e. The third-order valence-electron chi connectivity index (χ3n) is 7.15. The number of pyridine rings is 2. The van der Waals surface area contributed by atoms with E-state index in [1.807, 2.05) is 29.2 Å². The summed E-state index contributed by atoms with van der Waals surface area (Å²) in [6, 6.07) is 10.0. The number of hydrogen-bond donors (Lipinski definition) is 2. The number of esters is 1. The van der Waals surface area contributed by atoms with Gasteiger partial charge in [-0.15, -0.1) is 0 Å². The second-order valence-corrected chi connectivity index (χ2v) is 9.30. The summed E-state index contributed by atoms with van der Waals surface area (Å²) in [6.07, 6.45) is 2.06. The Morgan fingerprint density at radius 2 is 1.84 bits per heavy atom. The molecule has 1 aromatic carbocycles. The largest absolute Gasteiger partial charge is 0.466 e. The van der Waals surface area contributed by atoms with E-state index in [-0.39, 0.29) is 35.9 Å². The molecule has 10 nitrogen and oxygen atoms in total. The van der Waals surface area contributed by atoms with Gasteiger partial charge in [-0.2, -0.15) is 5.26 Å². The molecule has 4 N–H and O–H groups in total. The van der Waals surface area contributed by atoms with E-state index in [0.29, 0.717) is 71.8 Å². The number of aromatic nitrogens is 2. The van der Waals surface area contributed by atoms with E-state index in [1.165, 1.54) is 0 Å². The molecule has 1 saturated heterocycles. The molecule has 0 bridgehead atoms. The third kappa shape index (κ3) is 4.06. The number of nitrogens with two attached hydrogens (primary N) is 2. The van der Waals surface area contributed by atoms with E-state index in [1.54, 1.807) is 11.8 Å². The molecule has 0 saturated carbocycles. The third-order valence-corrected chi connectivity index (χ3v) is 7.15. The van der Waals surface area contributed by atoms with E-state index in [9.17, 15) is 14.9 Å². The van der Waals surface area contributed by atoms with Crippen LogP contribution in [0.4, 0.5) is 29.0 Å². The fourth-order valence-corrected chi connectivity index (χ4v) is 5.31. The molecule has 2 aromatic heterocycles. The van der Waals surface area contributed by atoms with Gasteiger partial charge < -0.3 is 21.1 Å². The zero-order valence-electron chi connectivity index (χ0n) is 21.0. The lowest BCUT2D eigenvalue weighted by Crippen LogP contribution is -2.38. The second-order valence-electron chi connectivity index (χ2n) is 9.30. The fourth-order valence-electron chi connectivity index (χ4n) is 5.31. The highest BCUT2D eigenvalue weighted by Gasteiger charge is 2.36. The maximum absolute atomic E-state index is 13.3. The molecule has 5 rings (SSSR count). The smallest absolute Gasteiger partial charge is 0.309 e. The number of hydrogen-bond acceptors (Lipinski definition) is 9. The molecule has 190 valence electrons. The number of nitriles is 1. The normalized spacial score (nSPS) is 15.6. The highest BCUT2D eigenvalue weighted by molar-refractivity contribution is 6.15. The Kier molecular flexibility index (Phi) is 6.29. The van der Waals surface area contributed by atoms with Crippen LogP contribution in [0.15, 0.2) is 24.3 Å². The van der Waals surface area contributed by atoms with Gasteiger partial charge in [-0.1, -0.05) is 19.1 Å². The van der Waals surface area contributed by atoms with Crippen LogP contribution < -0.4 is 21.3 Å². The first kappa shape index (κ1) is 24.3. The van der Waals surface area contributed by atoms with Crippen LogP contribution in [0.3, 0.4) is 0 Å². The number of nitrogen functional groups attached to an aromatic ring is 2. The molecular weight excluding hydrogens is 470 g/mol. The first-order valence-corrected chi connectivity index (χ1v) is 12.5. The van der Waals surface area contributed by atoms with Gasteiger partial charge in [0.25, 0.3) is 0 Å². The van der Waals surface area contributed by atoms with E-state index >= 15 is 0 Å². The zero-order chi connectivity index (χ0) is 26.3. The van der Waals surface area contributed by atoms with Gasteiger partial charge in [0.2, 0.25) is 5.91 Å². The molecule has 3 aromatic rings. The molecular formula is C27H29N7O3. The van der Waals surface area contributed by atoms with Crippen LogP contribution in [-0.2, 0) is 27.2 Å². The van der Waals surface area contributed by atoms with Gasteiger partial charge in [0.1, 0.15) is 34.9 Å². The number of anilines is 5. The highest BCUT2D eigenvalue weighted by atomic mass is 16.5. The number of carbonyl (C=O) groups excluding carboxylic acids is 2. The Labute approximate surface area is 214 Å². The van der Waals surface area contributed by atoms with Crippen molar-refractivity contribution in [1.29, 1.82) is 5.26 Å². The summed E-state index contributed by atoms with van der Waals surface area (Å²) in [7, 11) is 0. The minimum atomic E-state index is -0.198. The SMILES string of the molecule is CCOC(=O)C1CCN(c2nc(N)c3c(N)nc4c(c3c2C#N)CC(=O)N4c2cccc(CC)c2)CC1. The van der Waals surface area contributed by atoms with Crippen molar-refractivity contribution in [2.24, 2.45) is 5.92 Å². The maximum atomic E-state index is 13.3. The van der Waals surface area contributed by atoms with Gasteiger partial charge in [0.15, 0.2) is 0 Å². The molecule has 10 heteroatoms. The molecule has 0 atom stereocenters. The van der Waals surface area contributed by atoms with Crippen molar-refractivity contribution < 1.29 is 14.3 Å². The molecule has 0 radical (unpaired) electrons. The number of benzene rings is 1. The molecule has 0 aliphatic carbocycles. The van der Waals surface area contributed by atoms with Crippen LogP contribution in [-0.4, -0.2) is 41.5 Å². The average Bonchev–Trinajstić information content (AvgIpc) is 3.24. The van der Waals surface area contributed by atoms with Gasteiger partial charge >= 0.3 is 5.97 Å². The maximum Gasteiger partial charge on any atom is 0.309 e. The molecule has 2 aliphatic heterocycles. The van der Waals surface area contributed by atoms with Crippen LogP contribution in [0.25, 0.3) is 10.8 Å². The summed E-state index contributed by atoms with van der Waals surface area (Å²) in [5, 5.41) is 11.2. The number of rotatable bonds is 5. The zero-order valence-corrected chi connectivity index (χ0v) is 21.0. The van der Waals surface area contributed by atoms with Gasteiger partial charge in [-0.05, 0) is 43.9 Å². The van der Waals surface area contributed by atoms with E-state index in [0.717, 1.165) is 12.0 Å². The fraction of sp³-hybridized carbons (Fsp3) is 0.370. The summed E-state index contributed by atoms with van der Waals surface area (Å²) in [4.78, 5) is 38.1. The van der Waals surface area contributed by atoms with Crippen molar-refractivity contribution in [1.82, 2.24) is 9.97 Å². The van der Waals surface area contributed by atoms with Crippen molar-refractivity contribution >= 4 is 51.6 Å². The molecule has 0 spiro atoms. The molecule has 37 heavy (non-hydrogen) atoms. The first-order valence-electron chi connectivity index (χ1n) is 12.5. The van der Waals surface area contributed by atoms with Crippen molar-refractivity contribution in [2.75, 3.05) is 41.0 Å². The van der Waals surface area contributed by atoms with E-state index in [4.69, 9.17) is 16.2 Å². The van der Waals surface area contributed by atoms with Crippen molar-refractivity contribution in [3.8, 4) is 6.07 Å². The number of amides is 1. The Hall–Kier alpha value is -4.39. The van der Waals surface area contributed by atoms with Gasteiger partial charge in [0, 0.05) is 24.0 Å². The van der Waals surface area contributed by atoms with E-state index in [2.05, 4.69) is 23.0 Å². The van der Waals surface area contributed by atoms with Crippen LogP contribution in [0.2, 0.25) is 0 Å². The topological polar surface area (TPSA) is 151 Å². The van der Waals surface area contributed by atoms with Crippen LogP contribution in [0.1, 0.15) is 43.4 Å². The lowest BCUT2D eigenvalue weighted by molar-refractivity contribution is -0.148. The number of fused-ring (bicyclic) bond motifs is 3. The van der Waals surface area contributed by atoms with Gasteiger partial charge in [-0.3, -0.25) is 14.5 Å². The quantitative estimate of drug-likeness (QED) is 0.504. The molecule has 1 fully saturated rings. The average molecular weight is 500 g/mol. The predicted molar refractivity (Wildman–Crippen MR) is 141 cm³/mol. The van der Waals surface area contributed by atoms with Gasteiger partial charge in [0.05, 0.1) is 30.0 Å². The van der Waals surface area contributed by atoms with Crippen molar-refractivity contribution in [3.05, 3.63) is 41.0 Å². The standard InChI is InChI=1S/C27H29N7O3/c1-3-15-6-5-7-17(12-15)34-20(35)13-18-21-19(14-28)25(31-23(29)22(21)24(30)32-26(18)34)33-10-8-16(9-11-33)27(36)37-4-2/h5-7,12,16H,3-4,8-11,13H2,1-2H3,(H2,29,31)(H2,30,32). The summed E-state index contributed by atoms with van der Waals surface area (Å²) in [5.41, 5.74) is 15.5. The predicted octanol–water partition coefficient (Wildman–Crippen LogP) is 3.23. The van der Waals surface area contributed by atoms with Crippen LogP contribution in [0, 0.1) is 17.2 Å². The number of ether oxygens (including phenoxy) is 1. The Balaban J connectivity index is 1.62. The summed E-state index contributed by atoms with van der Waals surface area (Å²) >= 11 is 0. The number of piperidine rings is 1. The molecule has 0 unspecified atom stereocenters. The van der Waals surface area contributed by atoms with E-state index < -0.39 is 0 Å². The Morgan fingerprint density at radius 1 is 1.14 bits per heavy atom. The molecule has 1 amide bonds. The summed E-state index contributed by atoms with van der Waals surface area (Å²) in [6.45, 7) is 5.23. The van der Waals surface area contributed by atoms with Crippen molar-refractivity contribution in [3.63, 3.8) is 0 Å². The van der Waals surface area contributed by atoms with Crippen LogP contribution >= 0.6 is 0 Å². The first-order chi connectivity index (χ1) is 17.9. The Bertz CT molecular complexity index is 1450. The number of carbonyl (C=O) groups is 2. The summed E-state index contributed by atoms with van der Waals surface area (Å²) in [5.74, 6) is 0.583. The number of nitrogens with zero attached hydrogens (tertiary/aromatic N) is 5. The Morgan fingerprint density at radius 3 is 2.49 bits per heavy atom. The second kappa shape index (κ2) is 9.58.